The summed E-state index contributed by atoms with van der Waals surface area (Å²) in [6, 6.07) is 5.38. The summed E-state index contributed by atoms with van der Waals surface area (Å²) in [7, 11) is -4.52. The molecule has 1 N–H and O–H groups in total. The van der Waals surface area contributed by atoms with Gasteiger partial charge in [-0.2, -0.15) is 8.42 Å². The smallest absolute Gasteiger partial charge is 0.308 e. The van der Waals surface area contributed by atoms with E-state index in [9.17, 15) is 18.0 Å². The molecule has 1 aromatic rings. The van der Waals surface area contributed by atoms with Gasteiger partial charge in [0, 0.05) is 6.92 Å². The van der Waals surface area contributed by atoms with E-state index < -0.39 is 21.3 Å². The molecule has 0 aliphatic heterocycles. The Hall–Kier alpha value is -1.73. The van der Waals surface area contributed by atoms with Crippen molar-refractivity contribution in [1.29, 1.82) is 0 Å². The van der Waals surface area contributed by atoms with Crippen molar-refractivity contribution in [3.05, 3.63) is 29.8 Å². The minimum atomic E-state index is -4.52. The van der Waals surface area contributed by atoms with E-state index in [2.05, 4.69) is 0 Å². The molecule has 1 rings (SSSR count). The largest absolute Gasteiger partial charge is 0.427 e. The first-order chi connectivity index (χ1) is 7.84. The molecule has 0 heterocycles. The average molecular weight is 258 g/mol. The highest BCUT2D eigenvalue weighted by atomic mass is 32.2. The molecule has 0 bridgehead atoms. The Morgan fingerprint density at radius 2 is 2.12 bits per heavy atom. The Kier molecular flexibility index (Phi) is 3.97. The van der Waals surface area contributed by atoms with E-state index in [1.165, 1.54) is 31.2 Å². The van der Waals surface area contributed by atoms with Crippen LogP contribution in [-0.4, -0.2) is 25.2 Å². The van der Waals surface area contributed by atoms with Crippen LogP contribution >= 0.6 is 0 Å². The van der Waals surface area contributed by atoms with Gasteiger partial charge >= 0.3 is 5.97 Å². The fraction of sp³-hybridized carbons (Fsp3) is 0.200. The van der Waals surface area contributed by atoms with Crippen LogP contribution in [-0.2, 0) is 19.7 Å². The highest BCUT2D eigenvalue weighted by Crippen LogP contribution is 2.23. The number of rotatable bonds is 4. The lowest BCUT2D eigenvalue weighted by atomic mass is 10.1. The van der Waals surface area contributed by atoms with Crippen LogP contribution in [0.5, 0.6) is 5.75 Å². The number of benzene rings is 1. The van der Waals surface area contributed by atoms with Crippen molar-refractivity contribution >= 4 is 22.4 Å². The summed E-state index contributed by atoms with van der Waals surface area (Å²) in [6.07, 6.45) is 0.0994. The molecule has 0 aliphatic carbocycles. The van der Waals surface area contributed by atoms with Crippen LogP contribution in [0.3, 0.4) is 0 Å². The van der Waals surface area contributed by atoms with Crippen LogP contribution in [0.25, 0.3) is 0 Å². The predicted octanol–water partition coefficient (Wildman–Crippen LogP) is 0.740. The third-order valence-electron chi connectivity index (χ3n) is 1.89. The standard InChI is InChI=1S/C10H10O6S/c1-7(12)16-9-4-2-3-8(5-9)10(6-11)17(13,14)15/h2-6,10H,1H3,(H,13,14,15). The van der Waals surface area contributed by atoms with Gasteiger partial charge in [-0.25, -0.2) is 0 Å². The first-order valence-corrected chi connectivity index (χ1v) is 6.05. The lowest BCUT2D eigenvalue weighted by molar-refractivity contribution is -0.131. The van der Waals surface area contributed by atoms with Crippen LogP contribution in [0, 0.1) is 0 Å². The van der Waals surface area contributed by atoms with Gasteiger partial charge in [-0.1, -0.05) is 12.1 Å². The highest BCUT2D eigenvalue weighted by molar-refractivity contribution is 7.86. The molecule has 0 radical (unpaired) electrons. The summed E-state index contributed by atoms with van der Waals surface area (Å²) in [5.74, 6) is -0.470. The van der Waals surface area contributed by atoms with Crippen molar-refractivity contribution in [3.63, 3.8) is 0 Å². The third kappa shape index (κ3) is 3.65. The Labute approximate surface area is 98.0 Å². The lowest BCUT2D eigenvalue weighted by Crippen LogP contribution is -2.13. The fourth-order valence-electron chi connectivity index (χ4n) is 1.24. The van der Waals surface area contributed by atoms with Crippen LogP contribution in [0.15, 0.2) is 24.3 Å². The minimum Gasteiger partial charge on any atom is -0.427 e. The monoisotopic (exact) mass is 258 g/mol. The second-order valence-electron chi connectivity index (χ2n) is 3.24. The molecule has 1 unspecified atom stereocenters. The van der Waals surface area contributed by atoms with E-state index in [-0.39, 0.29) is 17.6 Å². The van der Waals surface area contributed by atoms with Crippen molar-refractivity contribution in [2.75, 3.05) is 0 Å². The molecule has 0 aliphatic rings. The number of hydrogen-bond acceptors (Lipinski definition) is 5. The van der Waals surface area contributed by atoms with Gasteiger partial charge in [0.25, 0.3) is 10.1 Å². The van der Waals surface area contributed by atoms with Crippen LogP contribution in [0.4, 0.5) is 0 Å². The van der Waals surface area contributed by atoms with Crippen molar-refractivity contribution in [3.8, 4) is 5.75 Å². The third-order valence-corrected chi connectivity index (χ3v) is 2.92. The average Bonchev–Trinajstić information content (AvgIpc) is 2.15. The summed E-state index contributed by atoms with van der Waals surface area (Å²) >= 11 is 0. The van der Waals surface area contributed by atoms with Gasteiger partial charge < -0.3 is 9.53 Å². The number of aldehydes is 1. The predicted molar refractivity (Wildman–Crippen MR) is 58.1 cm³/mol. The molecule has 1 atom stereocenters. The minimum absolute atomic E-state index is 0.0289. The molecular formula is C10H10O6S. The summed E-state index contributed by atoms with van der Waals surface area (Å²) < 4.78 is 35.4. The molecular weight excluding hydrogens is 248 g/mol. The van der Waals surface area contributed by atoms with Gasteiger partial charge in [-0.15, -0.1) is 0 Å². The number of hydrogen-bond donors (Lipinski definition) is 1. The zero-order valence-corrected chi connectivity index (χ0v) is 9.68. The second-order valence-corrected chi connectivity index (χ2v) is 4.78. The Bertz CT molecular complexity index is 533. The van der Waals surface area contributed by atoms with Crippen molar-refractivity contribution in [2.45, 2.75) is 12.2 Å². The van der Waals surface area contributed by atoms with E-state index in [0.717, 1.165) is 0 Å². The normalized spacial score (nSPS) is 12.8. The van der Waals surface area contributed by atoms with Crippen LogP contribution in [0.1, 0.15) is 17.7 Å². The van der Waals surface area contributed by atoms with Gasteiger partial charge in [0.2, 0.25) is 0 Å². The molecule has 0 amide bonds. The zero-order valence-electron chi connectivity index (χ0n) is 8.86. The number of carbonyl (C=O) groups excluding carboxylic acids is 2. The molecule has 7 heteroatoms. The van der Waals surface area contributed by atoms with Gasteiger partial charge in [-0.05, 0) is 17.7 Å². The second kappa shape index (κ2) is 5.07. The van der Waals surface area contributed by atoms with E-state index >= 15 is 0 Å². The Morgan fingerprint density at radius 1 is 1.47 bits per heavy atom. The van der Waals surface area contributed by atoms with Crippen LogP contribution < -0.4 is 4.74 Å². The Morgan fingerprint density at radius 3 is 2.59 bits per heavy atom. The number of ether oxygens (including phenoxy) is 1. The van der Waals surface area contributed by atoms with Crippen molar-refractivity contribution in [1.82, 2.24) is 0 Å². The number of esters is 1. The van der Waals surface area contributed by atoms with Crippen LogP contribution in [0.2, 0.25) is 0 Å². The molecule has 17 heavy (non-hydrogen) atoms. The maximum absolute atomic E-state index is 10.9. The highest BCUT2D eigenvalue weighted by Gasteiger charge is 2.24. The quantitative estimate of drug-likeness (QED) is 0.370. The first-order valence-electron chi connectivity index (χ1n) is 4.54. The fourth-order valence-corrected chi connectivity index (χ4v) is 1.87. The van der Waals surface area contributed by atoms with E-state index in [1.807, 2.05) is 0 Å². The molecule has 0 saturated heterocycles. The topological polar surface area (TPSA) is 97.7 Å². The molecule has 6 nitrogen and oxygen atoms in total. The molecule has 92 valence electrons. The summed E-state index contributed by atoms with van der Waals surface area (Å²) in [6.45, 7) is 1.19. The molecule has 0 aromatic heterocycles. The Balaban J connectivity index is 3.14. The van der Waals surface area contributed by atoms with Crippen molar-refractivity contribution in [2.24, 2.45) is 0 Å². The molecule has 0 fully saturated rings. The summed E-state index contributed by atoms with van der Waals surface area (Å²) in [4.78, 5) is 21.3. The SMILES string of the molecule is CC(=O)Oc1cccc(C(C=O)S(=O)(=O)O)c1. The van der Waals surface area contributed by atoms with E-state index in [0.29, 0.717) is 0 Å². The van der Waals surface area contributed by atoms with Gasteiger partial charge in [0.15, 0.2) is 5.25 Å². The lowest BCUT2D eigenvalue weighted by Gasteiger charge is -2.08. The van der Waals surface area contributed by atoms with E-state index in [1.54, 1.807) is 0 Å². The summed E-state index contributed by atoms with van der Waals surface area (Å²) in [5.41, 5.74) is 0.0289. The van der Waals surface area contributed by atoms with Gasteiger partial charge in [-0.3, -0.25) is 9.35 Å². The first kappa shape index (κ1) is 13.3. The summed E-state index contributed by atoms with van der Waals surface area (Å²) in [5, 5.41) is -1.68. The maximum Gasteiger partial charge on any atom is 0.308 e. The molecule has 0 spiro atoms. The van der Waals surface area contributed by atoms with Gasteiger partial charge in [0.05, 0.1) is 0 Å². The molecule has 1 aromatic carbocycles. The molecule has 0 saturated carbocycles. The zero-order chi connectivity index (χ0) is 13.1. The number of carbonyl (C=O) groups is 2. The van der Waals surface area contributed by atoms with E-state index in [4.69, 9.17) is 9.29 Å². The van der Waals surface area contributed by atoms with Crippen molar-refractivity contribution < 1.29 is 27.3 Å². The van der Waals surface area contributed by atoms with Gasteiger partial charge in [0.1, 0.15) is 12.0 Å². The maximum atomic E-state index is 10.9.